The van der Waals surface area contributed by atoms with Crippen molar-refractivity contribution in [2.45, 2.75) is 84.0 Å². The van der Waals surface area contributed by atoms with Crippen LogP contribution in [-0.2, 0) is 4.79 Å². The average molecular weight is 236 g/mol. The molecule has 17 heavy (non-hydrogen) atoms. The number of ketones is 1. The van der Waals surface area contributed by atoms with Crippen LogP contribution in [0.3, 0.4) is 0 Å². The lowest BCUT2D eigenvalue weighted by atomic mass is 9.72. The molecule has 0 N–H and O–H groups in total. The highest BCUT2D eigenvalue weighted by atomic mass is 16.1. The van der Waals surface area contributed by atoms with Gasteiger partial charge in [-0.25, -0.2) is 0 Å². The van der Waals surface area contributed by atoms with E-state index in [0.717, 1.165) is 12.8 Å². The smallest absolute Gasteiger partial charge is 0.141 e. The predicted octanol–water partition coefficient (Wildman–Crippen LogP) is 4.89. The first-order valence-electron chi connectivity index (χ1n) is 7.77. The first kappa shape index (κ1) is 13.1. The molecule has 1 nitrogen and oxygen atoms in total. The Labute approximate surface area is 106 Å². The van der Waals surface area contributed by atoms with Crippen molar-refractivity contribution < 1.29 is 4.79 Å². The third-order valence-electron chi connectivity index (χ3n) is 5.03. The fourth-order valence-electron chi connectivity index (χ4n) is 3.79. The highest BCUT2D eigenvalue weighted by Gasteiger charge is 2.37. The molecular weight excluding hydrogens is 208 g/mol. The fourth-order valence-corrected chi connectivity index (χ4v) is 3.79. The topological polar surface area (TPSA) is 17.1 Å². The van der Waals surface area contributed by atoms with E-state index in [9.17, 15) is 4.79 Å². The summed E-state index contributed by atoms with van der Waals surface area (Å²) in [6, 6.07) is 0. The molecule has 2 saturated carbocycles. The Balaban J connectivity index is 2.00. The lowest BCUT2D eigenvalue weighted by Crippen LogP contribution is -2.33. The Bertz CT molecular complexity index is 240. The van der Waals surface area contributed by atoms with Crippen molar-refractivity contribution in [2.75, 3.05) is 0 Å². The van der Waals surface area contributed by atoms with Crippen molar-refractivity contribution in [1.82, 2.24) is 0 Å². The van der Waals surface area contributed by atoms with Crippen molar-refractivity contribution in [2.24, 2.45) is 11.3 Å². The maximum atomic E-state index is 12.8. The van der Waals surface area contributed by atoms with Gasteiger partial charge in [0.1, 0.15) is 5.78 Å². The van der Waals surface area contributed by atoms with E-state index in [-0.39, 0.29) is 5.41 Å². The molecule has 2 rings (SSSR count). The predicted molar refractivity (Wildman–Crippen MR) is 72.0 cm³/mol. The van der Waals surface area contributed by atoms with Crippen LogP contribution in [0.4, 0.5) is 0 Å². The van der Waals surface area contributed by atoms with Gasteiger partial charge in [0.05, 0.1) is 0 Å². The van der Waals surface area contributed by atoms with Gasteiger partial charge in [0.2, 0.25) is 0 Å². The van der Waals surface area contributed by atoms with Crippen LogP contribution in [-0.4, -0.2) is 5.78 Å². The standard InChI is InChI=1S/C16H28O/c1-16(12-8-4-5-9-13-16)15(17)14-10-6-2-3-7-11-14/h14H,2-13H2,1H3. The maximum Gasteiger partial charge on any atom is 0.141 e. The Morgan fingerprint density at radius 1 is 0.824 bits per heavy atom. The van der Waals surface area contributed by atoms with Gasteiger partial charge in [0.25, 0.3) is 0 Å². The molecule has 0 aromatic heterocycles. The Kier molecular flexibility index (Phi) is 4.64. The van der Waals surface area contributed by atoms with Crippen LogP contribution >= 0.6 is 0 Å². The van der Waals surface area contributed by atoms with Crippen molar-refractivity contribution in [3.63, 3.8) is 0 Å². The van der Waals surface area contributed by atoms with E-state index >= 15 is 0 Å². The van der Waals surface area contributed by atoms with Crippen molar-refractivity contribution in [3.8, 4) is 0 Å². The molecule has 0 unspecified atom stereocenters. The quantitative estimate of drug-likeness (QED) is 0.624. The van der Waals surface area contributed by atoms with Gasteiger partial charge in [-0.2, -0.15) is 0 Å². The third-order valence-corrected chi connectivity index (χ3v) is 5.03. The molecule has 2 fully saturated rings. The second-order valence-corrected chi connectivity index (χ2v) is 6.53. The second kappa shape index (κ2) is 6.02. The molecule has 0 atom stereocenters. The molecule has 0 radical (unpaired) electrons. The van der Waals surface area contributed by atoms with Gasteiger partial charge in [-0.05, 0) is 25.7 Å². The molecule has 2 aliphatic carbocycles. The average Bonchev–Trinajstić information content (AvgIpc) is 2.71. The summed E-state index contributed by atoms with van der Waals surface area (Å²) in [7, 11) is 0. The first-order chi connectivity index (χ1) is 8.22. The minimum atomic E-state index is 0.0332. The van der Waals surface area contributed by atoms with Gasteiger partial charge in [-0.3, -0.25) is 4.79 Å². The van der Waals surface area contributed by atoms with Crippen molar-refractivity contribution in [3.05, 3.63) is 0 Å². The minimum absolute atomic E-state index is 0.0332. The molecule has 98 valence electrons. The molecule has 2 aliphatic rings. The summed E-state index contributed by atoms with van der Waals surface area (Å²) in [5.74, 6) is 1.03. The van der Waals surface area contributed by atoms with Crippen LogP contribution in [0.15, 0.2) is 0 Å². The number of Topliss-reactive ketones (excluding diaryl/α,β-unsaturated/α-hetero) is 1. The molecule has 0 heterocycles. The van der Waals surface area contributed by atoms with E-state index < -0.39 is 0 Å². The van der Waals surface area contributed by atoms with Crippen LogP contribution in [0.1, 0.15) is 84.0 Å². The second-order valence-electron chi connectivity index (χ2n) is 6.53. The summed E-state index contributed by atoms with van der Waals surface area (Å²) in [5, 5.41) is 0. The van der Waals surface area contributed by atoms with Crippen molar-refractivity contribution in [1.29, 1.82) is 0 Å². The molecule has 0 spiro atoms. The number of hydrogen-bond donors (Lipinski definition) is 0. The number of hydrogen-bond acceptors (Lipinski definition) is 1. The van der Waals surface area contributed by atoms with Gasteiger partial charge < -0.3 is 0 Å². The molecule has 0 saturated heterocycles. The van der Waals surface area contributed by atoms with Crippen LogP contribution in [0.2, 0.25) is 0 Å². The van der Waals surface area contributed by atoms with E-state index in [4.69, 9.17) is 0 Å². The van der Waals surface area contributed by atoms with E-state index in [1.54, 1.807) is 0 Å². The molecular formula is C16H28O. The van der Waals surface area contributed by atoms with Crippen LogP contribution in [0.25, 0.3) is 0 Å². The SMILES string of the molecule is CC1(C(=O)C2CCCCCC2)CCCCCC1. The number of carbonyl (C=O) groups excluding carboxylic acids is 1. The highest BCUT2D eigenvalue weighted by molar-refractivity contribution is 5.86. The van der Waals surface area contributed by atoms with E-state index in [1.165, 1.54) is 64.2 Å². The van der Waals surface area contributed by atoms with Crippen LogP contribution < -0.4 is 0 Å². The zero-order chi connectivity index (χ0) is 12.1. The largest absolute Gasteiger partial charge is 0.299 e. The van der Waals surface area contributed by atoms with Gasteiger partial charge in [-0.15, -0.1) is 0 Å². The molecule has 0 aromatic carbocycles. The summed E-state index contributed by atoms with van der Waals surface area (Å²) < 4.78 is 0. The minimum Gasteiger partial charge on any atom is -0.299 e. The summed E-state index contributed by atoms with van der Waals surface area (Å²) in [6.07, 6.45) is 15.2. The van der Waals surface area contributed by atoms with Gasteiger partial charge in [-0.1, -0.05) is 58.3 Å². The van der Waals surface area contributed by atoms with E-state index in [1.807, 2.05) is 0 Å². The zero-order valence-corrected chi connectivity index (χ0v) is 11.5. The Morgan fingerprint density at radius 3 is 1.82 bits per heavy atom. The maximum absolute atomic E-state index is 12.8. The van der Waals surface area contributed by atoms with Crippen LogP contribution in [0.5, 0.6) is 0 Å². The van der Waals surface area contributed by atoms with Crippen LogP contribution in [0, 0.1) is 11.3 Å². The Morgan fingerprint density at radius 2 is 1.29 bits per heavy atom. The Hall–Kier alpha value is -0.330. The summed E-state index contributed by atoms with van der Waals surface area (Å²) in [5.41, 5.74) is 0.0332. The molecule has 1 heteroatoms. The number of rotatable bonds is 2. The molecule has 0 aliphatic heterocycles. The normalized spacial score (nSPS) is 27.1. The summed E-state index contributed by atoms with van der Waals surface area (Å²) >= 11 is 0. The van der Waals surface area contributed by atoms with Gasteiger partial charge in [0.15, 0.2) is 0 Å². The lowest BCUT2D eigenvalue weighted by Gasteiger charge is -2.30. The highest BCUT2D eigenvalue weighted by Crippen LogP contribution is 2.40. The third kappa shape index (κ3) is 3.33. The zero-order valence-electron chi connectivity index (χ0n) is 11.5. The van der Waals surface area contributed by atoms with E-state index in [0.29, 0.717) is 11.7 Å². The van der Waals surface area contributed by atoms with E-state index in [2.05, 4.69) is 6.92 Å². The van der Waals surface area contributed by atoms with Gasteiger partial charge >= 0.3 is 0 Å². The molecule has 0 aromatic rings. The monoisotopic (exact) mass is 236 g/mol. The molecule has 0 bridgehead atoms. The summed E-state index contributed by atoms with van der Waals surface area (Å²) in [6.45, 7) is 2.26. The lowest BCUT2D eigenvalue weighted by molar-refractivity contribution is -0.133. The number of carbonyl (C=O) groups is 1. The van der Waals surface area contributed by atoms with Crippen molar-refractivity contribution >= 4 is 5.78 Å². The van der Waals surface area contributed by atoms with Gasteiger partial charge in [0, 0.05) is 11.3 Å². The summed E-state index contributed by atoms with van der Waals surface area (Å²) in [4.78, 5) is 12.8. The first-order valence-corrected chi connectivity index (χ1v) is 7.77. The fraction of sp³-hybridized carbons (Fsp3) is 0.938. The molecule has 0 amide bonds.